The molecule has 1 saturated heterocycles. The van der Waals surface area contributed by atoms with Gasteiger partial charge in [0.15, 0.2) is 0 Å². The largest absolute Gasteiger partial charge is 0.325 e. The molecule has 16 heavy (non-hydrogen) atoms. The van der Waals surface area contributed by atoms with Gasteiger partial charge in [-0.05, 0) is 18.2 Å². The Morgan fingerprint density at radius 3 is 2.88 bits per heavy atom. The number of benzene rings is 1. The number of anilines is 1. The molecule has 4 nitrogen and oxygen atoms in total. The van der Waals surface area contributed by atoms with E-state index < -0.39 is 0 Å². The maximum Gasteiger partial charge on any atom is 0.230 e. The molecular formula is C11H10ClN3O. The monoisotopic (exact) mass is 235 g/mol. The Morgan fingerprint density at radius 1 is 1.56 bits per heavy atom. The second-order valence-electron chi connectivity index (χ2n) is 3.65. The normalized spacial score (nSPS) is 15.0. The number of nitrogens with one attached hydrogen (secondary N) is 2. The van der Waals surface area contributed by atoms with Crippen LogP contribution < -0.4 is 10.6 Å². The highest BCUT2D eigenvalue weighted by Gasteiger charge is 2.25. The van der Waals surface area contributed by atoms with E-state index in [4.69, 9.17) is 16.9 Å². The van der Waals surface area contributed by atoms with E-state index in [0.717, 1.165) is 0 Å². The highest BCUT2D eigenvalue weighted by molar-refractivity contribution is 6.31. The van der Waals surface area contributed by atoms with Gasteiger partial charge in [0, 0.05) is 18.1 Å². The third kappa shape index (κ3) is 2.16. The molecule has 1 heterocycles. The van der Waals surface area contributed by atoms with E-state index in [2.05, 4.69) is 10.6 Å². The van der Waals surface area contributed by atoms with E-state index in [1.807, 2.05) is 6.07 Å². The lowest BCUT2D eigenvalue weighted by Gasteiger charge is -2.25. The molecule has 0 radical (unpaired) electrons. The Morgan fingerprint density at radius 2 is 2.31 bits per heavy atom. The SMILES string of the molecule is N#Cc1ccc(Cl)cc1NC(=O)C1CNC1. The van der Waals surface area contributed by atoms with Crippen molar-refractivity contribution in [3.63, 3.8) is 0 Å². The van der Waals surface area contributed by atoms with Gasteiger partial charge in [0.2, 0.25) is 5.91 Å². The highest BCUT2D eigenvalue weighted by Crippen LogP contribution is 2.21. The van der Waals surface area contributed by atoms with Gasteiger partial charge in [0.1, 0.15) is 6.07 Å². The van der Waals surface area contributed by atoms with Crippen molar-refractivity contribution in [1.29, 1.82) is 5.26 Å². The minimum absolute atomic E-state index is 0.00877. The first-order chi connectivity index (χ1) is 7.70. The quantitative estimate of drug-likeness (QED) is 0.814. The average Bonchev–Trinajstić information content (AvgIpc) is 2.15. The fraction of sp³-hybridized carbons (Fsp3) is 0.273. The number of carbonyl (C=O) groups excluding carboxylic acids is 1. The van der Waals surface area contributed by atoms with E-state index in [-0.39, 0.29) is 11.8 Å². The van der Waals surface area contributed by atoms with Crippen LogP contribution in [0.5, 0.6) is 0 Å². The summed E-state index contributed by atoms with van der Waals surface area (Å²) >= 11 is 5.81. The van der Waals surface area contributed by atoms with Crippen LogP contribution in [-0.4, -0.2) is 19.0 Å². The van der Waals surface area contributed by atoms with Crippen molar-refractivity contribution in [2.45, 2.75) is 0 Å². The van der Waals surface area contributed by atoms with E-state index in [9.17, 15) is 4.79 Å². The number of rotatable bonds is 2. The van der Waals surface area contributed by atoms with Gasteiger partial charge in [-0.3, -0.25) is 4.79 Å². The second kappa shape index (κ2) is 4.52. The molecule has 5 heteroatoms. The second-order valence-corrected chi connectivity index (χ2v) is 4.08. The summed E-state index contributed by atoms with van der Waals surface area (Å²) in [5.41, 5.74) is 0.900. The van der Waals surface area contributed by atoms with Gasteiger partial charge in [-0.1, -0.05) is 11.6 Å². The van der Waals surface area contributed by atoms with Crippen LogP contribution in [0.15, 0.2) is 18.2 Å². The summed E-state index contributed by atoms with van der Waals surface area (Å²) < 4.78 is 0. The smallest absolute Gasteiger partial charge is 0.230 e. The first-order valence-corrected chi connectivity index (χ1v) is 5.29. The predicted molar refractivity (Wildman–Crippen MR) is 61.2 cm³/mol. The molecule has 0 bridgehead atoms. The van der Waals surface area contributed by atoms with Crippen LogP contribution in [0.3, 0.4) is 0 Å². The summed E-state index contributed by atoms with van der Waals surface area (Å²) in [6.45, 7) is 1.38. The zero-order valence-corrected chi connectivity index (χ0v) is 9.21. The Balaban J connectivity index is 2.16. The van der Waals surface area contributed by atoms with Crippen LogP contribution >= 0.6 is 11.6 Å². The number of carbonyl (C=O) groups is 1. The summed E-state index contributed by atoms with van der Waals surface area (Å²) in [6.07, 6.45) is 0. The molecule has 1 amide bonds. The van der Waals surface area contributed by atoms with Crippen molar-refractivity contribution in [3.05, 3.63) is 28.8 Å². The van der Waals surface area contributed by atoms with E-state index in [1.54, 1.807) is 18.2 Å². The van der Waals surface area contributed by atoms with Gasteiger partial charge >= 0.3 is 0 Å². The van der Waals surface area contributed by atoms with Crippen LogP contribution in [0.4, 0.5) is 5.69 Å². The van der Waals surface area contributed by atoms with Crippen LogP contribution in [0.25, 0.3) is 0 Å². The van der Waals surface area contributed by atoms with Crippen LogP contribution in [0.1, 0.15) is 5.56 Å². The third-order valence-corrected chi connectivity index (χ3v) is 2.75. The van der Waals surface area contributed by atoms with Crippen molar-refractivity contribution < 1.29 is 4.79 Å². The lowest BCUT2D eigenvalue weighted by Crippen LogP contribution is -2.48. The minimum Gasteiger partial charge on any atom is -0.325 e. The van der Waals surface area contributed by atoms with Gasteiger partial charge < -0.3 is 10.6 Å². The Hall–Kier alpha value is -1.57. The number of nitrogens with zero attached hydrogens (tertiary/aromatic N) is 1. The molecule has 1 fully saturated rings. The molecular weight excluding hydrogens is 226 g/mol. The Kier molecular flexibility index (Phi) is 3.09. The summed E-state index contributed by atoms with van der Waals surface area (Å²) in [4.78, 5) is 11.7. The van der Waals surface area contributed by atoms with Gasteiger partial charge in [-0.2, -0.15) is 5.26 Å². The Labute approximate surface area is 98.2 Å². The molecule has 0 spiro atoms. The number of nitriles is 1. The molecule has 1 aliphatic heterocycles. The fourth-order valence-electron chi connectivity index (χ4n) is 1.43. The number of hydrogen-bond acceptors (Lipinski definition) is 3. The molecule has 2 rings (SSSR count). The molecule has 0 atom stereocenters. The van der Waals surface area contributed by atoms with Crippen molar-refractivity contribution in [2.75, 3.05) is 18.4 Å². The molecule has 1 aromatic rings. The van der Waals surface area contributed by atoms with Gasteiger partial charge in [0.05, 0.1) is 17.2 Å². The molecule has 2 N–H and O–H groups in total. The van der Waals surface area contributed by atoms with Crippen molar-refractivity contribution in [2.24, 2.45) is 5.92 Å². The predicted octanol–water partition coefficient (Wildman–Crippen LogP) is 1.37. The summed E-state index contributed by atoms with van der Waals surface area (Å²) in [6, 6.07) is 6.82. The number of hydrogen-bond donors (Lipinski definition) is 2. The van der Waals surface area contributed by atoms with Crippen molar-refractivity contribution in [1.82, 2.24) is 5.32 Å². The Bertz CT molecular complexity index is 463. The van der Waals surface area contributed by atoms with Gasteiger partial charge in [0.25, 0.3) is 0 Å². The average molecular weight is 236 g/mol. The van der Waals surface area contributed by atoms with Crippen LogP contribution in [-0.2, 0) is 4.79 Å². The van der Waals surface area contributed by atoms with Crippen molar-refractivity contribution >= 4 is 23.2 Å². The number of amides is 1. The molecule has 0 saturated carbocycles. The fourth-order valence-corrected chi connectivity index (χ4v) is 1.60. The van der Waals surface area contributed by atoms with Crippen LogP contribution in [0.2, 0.25) is 5.02 Å². The topological polar surface area (TPSA) is 64.9 Å². The maximum atomic E-state index is 11.7. The zero-order chi connectivity index (χ0) is 11.5. The standard InChI is InChI=1S/C11H10ClN3O/c12-9-2-1-7(4-13)10(3-9)15-11(16)8-5-14-6-8/h1-3,8,14H,5-6H2,(H,15,16). The molecule has 0 aliphatic carbocycles. The summed E-state index contributed by atoms with van der Waals surface area (Å²) in [7, 11) is 0. The van der Waals surface area contributed by atoms with Gasteiger partial charge in [-0.25, -0.2) is 0 Å². The number of halogens is 1. The van der Waals surface area contributed by atoms with E-state index in [0.29, 0.717) is 29.4 Å². The highest BCUT2D eigenvalue weighted by atomic mass is 35.5. The van der Waals surface area contributed by atoms with Crippen LogP contribution in [0, 0.1) is 17.2 Å². The van der Waals surface area contributed by atoms with E-state index in [1.165, 1.54) is 0 Å². The summed E-state index contributed by atoms with van der Waals surface area (Å²) in [5, 5.41) is 15.1. The zero-order valence-electron chi connectivity index (χ0n) is 8.46. The molecule has 1 aromatic carbocycles. The lowest BCUT2D eigenvalue weighted by molar-refractivity contribution is -0.121. The first-order valence-electron chi connectivity index (χ1n) is 4.92. The minimum atomic E-state index is -0.0717. The lowest BCUT2D eigenvalue weighted by atomic mass is 10.0. The maximum absolute atomic E-state index is 11.7. The first kappa shape index (κ1) is 10.9. The van der Waals surface area contributed by atoms with Crippen molar-refractivity contribution in [3.8, 4) is 6.07 Å². The molecule has 0 aromatic heterocycles. The third-order valence-electron chi connectivity index (χ3n) is 2.51. The molecule has 0 unspecified atom stereocenters. The molecule has 82 valence electrons. The van der Waals surface area contributed by atoms with Gasteiger partial charge in [-0.15, -0.1) is 0 Å². The molecule has 1 aliphatic rings. The van der Waals surface area contributed by atoms with E-state index >= 15 is 0 Å². The summed E-state index contributed by atoms with van der Waals surface area (Å²) in [5.74, 6) is -0.0805.